The smallest absolute Gasteiger partial charge is 0.245 e. The van der Waals surface area contributed by atoms with E-state index in [4.69, 9.17) is 10.3 Å². The number of rotatable bonds is 6. The molecule has 1 amide bonds. The van der Waals surface area contributed by atoms with Gasteiger partial charge < -0.3 is 10.1 Å². The Bertz CT molecular complexity index is 176. The zero-order chi connectivity index (χ0) is 9.23. The van der Waals surface area contributed by atoms with E-state index < -0.39 is 0 Å². The number of azide groups is 1. The van der Waals surface area contributed by atoms with E-state index in [0.717, 1.165) is 0 Å². The molecule has 68 valence electrons. The lowest BCUT2D eigenvalue weighted by atomic mass is 10.5. The fourth-order valence-electron chi connectivity index (χ4n) is 0.536. The average Bonchev–Trinajstić information content (AvgIpc) is 2.09. The molecule has 0 aromatic rings. The number of amides is 1. The molecule has 0 rings (SSSR count). The summed E-state index contributed by atoms with van der Waals surface area (Å²) >= 11 is 0. The van der Waals surface area contributed by atoms with Gasteiger partial charge in [-0.05, 0) is 12.5 Å². The fourth-order valence-corrected chi connectivity index (χ4v) is 0.536. The van der Waals surface area contributed by atoms with Crippen molar-refractivity contribution in [1.29, 1.82) is 0 Å². The maximum atomic E-state index is 10.8. The quantitative estimate of drug-likeness (QED) is 0.273. The van der Waals surface area contributed by atoms with Gasteiger partial charge in [0.2, 0.25) is 5.91 Å². The van der Waals surface area contributed by atoms with Crippen LogP contribution in [0.15, 0.2) is 5.11 Å². The molecule has 0 aliphatic heterocycles. The topological polar surface area (TPSA) is 87.1 Å². The van der Waals surface area contributed by atoms with Gasteiger partial charge in [-0.2, -0.15) is 0 Å². The lowest BCUT2D eigenvalue weighted by Gasteiger charge is -2.01. The SMILES string of the molecule is CCOCC(=O)NCCN=[N+]=[N-]. The van der Waals surface area contributed by atoms with E-state index in [9.17, 15) is 4.79 Å². The van der Waals surface area contributed by atoms with Crippen LogP contribution in [0.5, 0.6) is 0 Å². The zero-order valence-corrected chi connectivity index (χ0v) is 6.99. The molecule has 0 spiro atoms. The van der Waals surface area contributed by atoms with Crippen LogP contribution in [0.3, 0.4) is 0 Å². The molecule has 0 aromatic carbocycles. The van der Waals surface area contributed by atoms with Crippen LogP contribution in [0.1, 0.15) is 6.92 Å². The minimum absolute atomic E-state index is 0.0623. The molecule has 6 heteroatoms. The van der Waals surface area contributed by atoms with Gasteiger partial charge in [0.25, 0.3) is 0 Å². The van der Waals surface area contributed by atoms with Crippen molar-refractivity contribution in [1.82, 2.24) is 5.32 Å². The number of ether oxygens (including phenoxy) is 1. The van der Waals surface area contributed by atoms with Gasteiger partial charge in [0.05, 0.1) is 0 Å². The second-order valence-electron chi connectivity index (χ2n) is 1.94. The summed E-state index contributed by atoms with van der Waals surface area (Å²) < 4.78 is 4.84. The molecule has 0 saturated carbocycles. The van der Waals surface area contributed by atoms with Crippen molar-refractivity contribution >= 4 is 5.91 Å². The summed E-state index contributed by atoms with van der Waals surface area (Å²) in [7, 11) is 0. The Morgan fingerprint density at radius 1 is 1.75 bits per heavy atom. The Morgan fingerprint density at radius 3 is 3.08 bits per heavy atom. The zero-order valence-electron chi connectivity index (χ0n) is 6.99. The number of nitrogens with one attached hydrogen (secondary N) is 1. The fraction of sp³-hybridized carbons (Fsp3) is 0.833. The highest BCUT2D eigenvalue weighted by Gasteiger charge is 1.97. The van der Waals surface area contributed by atoms with Crippen LogP contribution in [0.4, 0.5) is 0 Å². The Hall–Kier alpha value is -1.26. The molecular weight excluding hydrogens is 160 g/mol. The second-order valence-corrected chi connectivity index (χ2v) is 1.94. The summed E-state index contributed by atoms with van der Waals surface area (Å²) in [6.07, 6.45) is 0. The summed E-state index contributed by atoms with van der Waals surface area (Å²) in [6.45, 7) is 3.02. The molecule has 0 radical (unpaired) electrons. The van der Waals surface area contributed by atoms with Gasteiger partial charge in [-0.3, -0.25) is 4.79 Å². The monoisotopic (exact) mass is 172 g/mol. The van der Waals surface area contributed by atoms with Gasteiger partial charge in [0.15, 0.2) is 0 Å². The van der Waals surface area contributed by atoms with E-state index in [1.54, 1.807) is 0 Å². The molecule has 0 aliphatic rings. The van der Waals surface area contributed by atoms with Gasteiger partial charge >= 0.3 is 0 Å². The standard InChI is InChI=1S/C6H12N4O2/c1-2-12-5-6(11)8-3-4-9-10-7/h2-5H2,1H3,(H,8,11). The first-order valence-corrected chi connectivity index (χ1v) is 3.66. The molecule has 12 heavy (non-hydrogen) atoms. The largest absolute Gasteiger partial charge is 0.372 e. The highest BCUT2D eigenvalue weighted by molar-refractivity contribution is 5.77. The number of hydrogen-bond acceptors (Lipinski definition) is 3. The average molecular weight is 172 g/mol. The summed E-state index contributed by atoms with van der Waals surface area (Å²) in [5.41, 5.74) is 7.89. The lowest BCUT2D eigenvalue weighted by molar-refractivity contribution is -0.125. The molecule has 0 saturated heterocycles. The van der Waals surface area contributed by atoms with Crippen molar-refractivity contribution in [3.8, 4) is 0 Å². The maximum Gasteiger partial charge on any atom is 0.245 e. The molecule has 0 atom stereocenters. The van der Waals surface area contributed by atoms with Crippen molar-refractivity contribution in [2.24, 2.45) is 5.11 Å². The van der Waals surface area contributed by atoms with Crippen LogP contribution in [-0.4, -0.2) is 32.2 Å². The molecule has 0 unspecified atom stereocenters. The number of carbonyl (C=O) groups excluding carboxylic acids is 1. The van der Waals surface area contributed by atoms with Crippen LogP contribution in [0.25, 0.3) is 10.4 Å². The van der Waals surface area contributed by atoms with Crippen molar-refractivity contribution in [3.63, 3.8) is 0 Å². The maximum absolute atomic E-state index is 10.8. The molecule has 6 nitrogen and oxygen atoms in total. The molecule has 0 heterocycles. The highest BCUT2D eigenvalue weighted by atomic mass is 16.5. The second kappa shape index (κ2) is 7.84. The van der Waals surface area contributed by atoms with E-state index in [2.05, 4.69) is 15.3 Å². The first-order valence-electron chi connectivity index (χ1n) is 3.66. The van der Waals surface area contributed by atoms with Crippen LogP contribution >= 0.6 is 0 Å². The van der Waals surface area contributed by atoms with Gasteiger partial charge in [-0.25, -0.2) is 0 Å². The summed E-state index contributed by atoms with van der Waals surface area (Å²) in [5, 5.41) is 5.77. The van der Waals surface area contributed by atoms with Gasteiger partial charge in [-0.15, -0.1) is 0 Å². The first-order chi connectivity index (χ1) is 5.81. The first kappa shape index (κ1) is 10.7. The Kier molecular flexibility index (Phi) is 7.02. The molecule has 0 aliphatic carbocycles. The normalized spacial score (nSPS) is 8.75. The lowest BCUT2D eigenvalue weighted by Crippen LogP contribution is -2.29. The predicted molar refractivity (Wildman–Crippen MR) is 43.5 cm³/mol. The third-order valence-corrected chi connectivity index (χ3v) is 1.03. The molecule has 0 aromatic heterocycles. The number of hydrogen-bond donors (Lipinski definition) is 1. The predicted octanol–water partition coefficient (Wildman–Crippen LogP) is 0.449. The van der Waals surface area contributed by atoms with Crippen molar-refractivity contribution < 1.29 is 9.53 Å². The minimum Gasteiger partial charge on any atom is -0.372 e. The summed E-state index contributed by atoms with van der Waals surface area (Å²) in [5.74, 6) is -0.190. The van der Waals surface area contributed by atoms with Crippen LogP contribution in [0.2, 0.25) is 0 Å². The van der Waals surface area contributed by atoms with Crippen molar-refractivity contribution in [3.05, 3.63) is 10.4 Å². The van der Waals surface area contributed by atoms with Crippen LogP contribution in [-0.2, 0) is 9.53 Å². The minimum atomic E-state index is -0.190. The summed E-state index contributed by atoms with van der Waals surface area (Å²) in [4.78, 5) is 13.3. The number of nitrogens with zero attached hydrogens (tertiary/aromatic N) is 3. The van der Waals surface area contributed by atoms with E-state index in [0.29, 0.717) is 13.2 Å². The van der Waals surface area contributed by atoms with E-state index in [1.165, 1.54) is 0 Å². The number of carbonyl (C=O) groups is 1. The molecule has 1 N–H and O–H groups in total. The van der Waals surface area contributed by atoms with E-state index in [-0.39, 0.29) is 19.1 Å². The Labute approximate surface area is 70.5 Å². The van der Waals surface area contributed by atoms with Gasteiger partial charge in [0, 0.05) is 24.6 Å². The van der Waals surface area contributed by atoms with Crippen LogP contribution in [0, 0.1) is 0 Å². The van der Waals surface area contributed by atoms with Gasteiger partial charge in [0.1, 0.15) is 6.61 Å². The van der Waals surface area contributed by atoms with Gasteiger partial charge in [-0.1, -0.05) is 5.11 Å². The van der Waals surface area contributed by atoms with E-state index in [1.807, 2.05) is 6.92 Å². The molecular formula is C6H12N4O2. The van der Waals surface area contributed by atoms with Crippen molar-refractivity contribution in [2.45, 2.75) is 6.92 Å². The molecule has 0 fully saturated rings. The Morgan fingerprint density at radius 2 is 2.50 bits per heavy atom. The van der Waals surface area contributed by atoms with Crippen molar-refractivity contribution in [2.75, 3.05) is 26.3 Å². The third kappa shape index (κ3) is 6.85. The molecule has 0 bridgehead atoms. The Balaban J connectivity index is 3.25. The van der Waals surface area contributed by atoms with E-state index >= 15 is 0 Å². The summed E-state index contributed by atoms with van der Waals surface area (Å²) in [6, 6.07) is 0. The third-order valence-electron chi connectivity index (χ3n) is 1.03. The van der Waals surface area contributed by atoms with Crippen LogP contribution < -0.4 is 5.32 Å². The highest BCUT2D eigenvalue weighted by Crippen LogP contribution is 1.74.